The lowest BCUT2D eigenvalue weighted by Crippen LogP contribution is -2.50. The molecule has 2 heterocycles. The molecule has 0 bridgehead atoms. The smallest absolute Gasteiger partial charge is 0.421 e. The van der Waals surface area contributed by atoms with Gasteiger partial charge in [-0.1, -0.05) is 18.2 Å². The van der Waals surface area contributed by atoms with Crippen LogP contribution in [-0.4, -0.2) is 80.9 Å². The third-order valence-electron chi connectivity index (χ3n) is 7.71. The maximum absolute atomic E-state index is 15.3. The summed E-state index contributed by atoms with van der Waals surface area (Å²) in [7, 11) is 0.967. The normalized spacial score (nSPS) is 17.4. The van der Waals surface area contributed by atoms with Crippen LogP contribution in [-0.2, 0) is 25.4 Å². The molecule has 0 saturated carbocycles. The highest BCUT2D eigenvalue weighted by Crippen LogP contribution is 2.32. The Morgan fingerprint density at radius 2 is 1.74 bits per heavy atom. The van der Waals surface area contributed by atoms with Crippen molar-refractivity contribution >= 4 is 23.8 Å². The fourth-order valence-electron chi connectivity index (χ4n) is 5.23. The van der Waals surface area contributed by atoms with Crippen LogP contribution in [0.4, 0.5) is 46.0 Å². The Bertz CT molecular complexity index is 1660. The highest BCUT2D eigenvalue weighted by Gasteiger charge is 2.37. The minimum atomic E-state index is -4.60. The first-order valence-corrected chi connectivity index (χ1v) is 15.0. The molecule has 11 nitrogen and oxygen atoms in total. The molecule has 1 aliphatic rings. The average Bonchev–Trinajstić information content (AvgIpc) is 3.08. The largest absolute Gasteiger partial charge is 0.452 e. The number of hydrogen-bond acceptors (Lipinski definition) is 9. The molecule has 4 atom stereocenters. The first-order chi connectivity index (χ1) is 23.7. The lowest BCUT2D eigenvalue weighted by molar-refractivity contribution is -0.124. The van der Waals surface area contributed by atoms with Crippen molar-refractivity contribution in [3.05, 3.63) is 94.8 Å². The average molecular weight is 716 g/mol. The lowest BCUT2D eigenvalue weighted by Gasteiger charge is -2.31. The van der Waals surface area contributed by atoms with Crippen molar-refractivity contribution in [3.8, 4) is 0 Å². The summed E-state index contributed by atoms with van der Waals surface area (Å²) in [6, 6.07) is 5.25. The second kappa shape index (κ2) is 16.7. The van der Waals surface area contributed by atoms with Crippen LogP contribution < -0.4 is 21.3 Å². The molecule has 2 aromatic carbocycles. The van der Waals surface area contributed by atoms with Gasteiger partial charge in [-0.05, 0) is 48.2 Å². The first kappa shape index (κ1) is 38.0. The molecular weight excluding hydrogens is 683 g/mol. The zero-order chi connectivity index (χ0) is 36.6. The highest BCUT2D eigenvalue weighted by atomic mass is 19.4. The monoisotopic (exact) mass is 715 g/mol. The number of benzene rings is 2. The molecule has 18 heteroatoms. The first-order valence-electron chi connectivity index (χ1n) is 15.0. The third kappa shape index (κ3) is 9.88. The Balaban J connectivity index is 1.51. The fraction of sp³-hybridized carbons (Fsp3) is 0.375. The molecule has 1 aromatic heterocycles. The van der Waals surface area contributed by atoms with E-state index in [9.17, 15) is 40.7 Å². The van der Waals surface area contributed by atoms with Crippen molar-refractivity contribution in [2.45, 2.75) is 43.1 Å². The molecular formula is C32H32F7N5O6. The number of hydrogen-bond donors (Lipinski definition) is 3. The van der Waals surface area contributed by atoms with Gasteiger partial charge in [-0.3, -0.25) is 9.78 Å². The predicted molar refractivity (Wildman–Crippen MR) is 162 cm³/mol. The minimum Gasteiger partial charge on any atom is -0.452 e. The topological polar surface area (TPSA) is 145 Å². The number of carbonyl (C=O) groups excluding carboxylic acids is 3. The van der Waals surface area contributed by atoms with Gasteiger partial charge in [-0.25, -0.2) is 32.1 Å². The molecule has 3 amide bonds. The number of halogens is 7. The number of morpholine rings is 1. The number of ether oxygens (including phenoxy) is 3. The summed E-state index contributed by atoms with van der Waals surface area (Å²) in [6.45, 7) is -1.69. The van der Waals surface area contributed by atoms with Crippen molar-refractivity contribution in [1.29, 1.82) is 0 Å². The summed E-state index contributed by atoms with van der Waals surface area (Å²) in [5.74, 6) is -6.33. The van der Waals surface area contributed by atoms with E-state index in [1.807, 2.05) is 0 Å². The number of rotatable bonds is 11. The summed E-state index contributed by atoms with van der Waals surface area (Å²) in [5, 5.41) is 4.59. The van der Waals surface area contributed by atoms with Crippen LogP contribution in [0.1, 0.15) is 29.0 Å². The number of alkyl halides is 3. The highest BCUT2D eigenvalue weighted by molar-refractivity contribution is 6.15. The Kier molecular flexibility index (Phi) is 12.7. The molecule has 1 saturated heterocycles. The third-order valence-corrected chi connectivity index (χ3v) is 7.71. The van der Waals surface area contributed by atoms with Gasteiger partial charge in [0.25, 0.3) is 5.91 Å². The van der Waals surface area contributed by atoms with E-state index in [4.69, 9.17) is 19.9 Å². The number of aromatic nitrogens is 1. The molecule has 0 unspecified atom stereocenters. The number of nitrogens with zero attached hydrogens (tertiary/aromatic N) is 2. The molecule has 4 N–H and O–H groups in total. The summed E-state index contributed by atoms with van der Waals surface area (Å²) < 4.78 is 109. The van der Waals surface area contributed by atoms with Crippen molar-refractivity contribution in [2.24, 2.45) is 5.73 Å². The summed E-state index contributed by atoms with van der Waals surface area (Å²) in [5.41, 5.74) is 6.19. The van der Waals surface area contributed by atoms with Crippen molar-refractivity contribution < 1.29 is 59.3 Å². The second-order valence-electron chi connectivity index (χ2n) is 11.2. The van der Waals surface area contributed by atoms with Gasteiger partial charge in [0.15, 0.2) is 11.6 Å². The molecule has 1 fully saturated rings. The Morgan fingerprint density at radius 3 is 2.36 bits per heavy atom. The molecule has 3 aromatic rings. The number of pyridine rings is 1. The molecule has 4 rings (SSSR count). The quantitative estimate of drug-likeness (QED) is 0.245. The van der Waals surface area contributed by atoms with Gasteiger partial charge >= 0.3 is 18.4 Å². The van der Waals surface area contributed by atoms with Crippen LogP contribution in [0.5, 0.6) is 0 Å². The number of nitrogens with two attached hydrogens (primary N) is 1. The minimum absolute atomic E-state index is 0.0146. The summed E-state index contributed by atoms with van der Waals surface area (Å²) >= 11 is 0. The van der Waals surface area contributed by atoms with Crippen molar-refractivity contribution in [3.63, 3.8) is 0 Å². The van der Waals surface area contributed by atoms with Crippen LogP contribution in [0.2, 0.25) is 0 Å². The Morgan fingerprint density at radius 1 is 1.04 bits per heavy atom. The van der Waals surface area contributed by atoms with E-state index in [0.29, 0.717) is 4.90 Å². The number of amides is 3. The Labute approximate surface area is 280 Å². The maximum atomic E-state index is 15.3. The van der Waals surface area contributed by atoms with E-state index >= 15 is 4.39 Å². The number of methoxy groups -OCH3 is 1. The zero-order valence-electron chi connectivity index (χ0n) is 26.3. The van der Waals surface area contributed by atoms with Crippen LogP contribution in [0.15, 0.2) is 54.9 Å². The van der Waals surface area contributed by atoms with E-state index in [2.05, 4.69) is 10.3 Å². The van der Waals surface area contributed by atoms with Gasteiger partial charge in [0.1, 0.15) is 24.8 Å². The van der Waals surface area contributed by atoms with Gasteiger partial charge in [-0.15, -0.1) is 0 Å². The van der Waals surface area contributed by atoms with E-state index < -0.39 is 78.2 Å². The standard InChI is InChI=1S/C32H32F7N5O6/c1-48-31(47)44(29(45)28(40)27(17-2-5-19(33)6-3-17)18-4-9-23(34)24(35)10-18)26-13-41-12-25(36)22(26)8-7-21-11-42-20(14-49-21)15-50-30(46)43-16-32(37,38)39/h2-6,9-10,12-13,20-21,27-28,42H,7-8,11,14-16,40H2,1H3,(H,43,46)/t20-,21+,27+,28-/m0/s1. The van der Waals surface area contributed by atoms with Crippen molar-refractivity contribution in [2.75, 3.05) is 38.3 Å². The molecule has 0 aliphatic carbocycles. The SMILES string of the molecule is COC(=O)N(C(=O)[C@@H](N)[C@H](c1ccc(F)cc1)c1ccc(F)c(F)c1)c1cncc(F)c1CC[C@@H]1CN[C@H](COC(=O)NCC(F)(F)F)CO1. The van der Waals surface area contributed by atoms with Gasteiger partial charge < -0.3 is 30.6 Å². The van der Waals surface area contributed by atoms with Crippen LogP contribution >= 0.6 is 0 Å². The number of alkyl carbamates (subject to hydrolysis) is 1. The van der Waals surface area contributed by atoms with E-state index in [1.165, 1.54) is 18.2 Å². The number of imide groups is 1. The lowest BCUT2D eigenvalue weighted by atomic mass is 9.84. The number of nitrogens with one attached hydrogen (secondary N) is 2. The second-order valence-corrected chi connectivity index (χ2v) is 11.2. The molecule has 50 heavy (non-hydrogen) atoms. The predicted octanol–water partition coefficient (Wildman–Crippen LogP) is 4.47. The van der Waals surface area contributed by atoms with Crippen molar-refractivity contribution in [1.82, 2.24) is 15.6 Å². The van der Waals surface area contributed by atoms with E-state index in [-0.39, 0.29) is 55.0 Å². The van der Waals surface area contributed by atoms with Gasteiger partial charge in [0, 0.05) is 18.0 Å². The fourth-order valence-corrected chi connectivity index (χ4v) is 5.23. The van der Waals surface area contributed by atoms with E-state index in [0.717, 1.165) is 43.8 Å². The molecule has 0 radical (unpaired) electrons. The number of carbonyl (C=O) groups is 3. The van der Waals surface area contributed by atoms with E-state index in [1.54, 1.807) is 5.32 Å². The summed E-state index contributed by atoms with van der Waals surface area (Å²) in [6.07, 6.45) is -5.76. The Hall–Kier alpha value is -4.81. The summed E-state index contributed by atoms with van der Waals surface area (Å²) in [4.78, 5) is 42.9. The van der Waals surface area contributed by atoms with Gasteiger partial charge in [-0.2, -0.15) is 13.2 Å². The van der Waals surface area contributed by atoms with Crippen LogP contribution in [0, 0.1) is 23.3 Å². The van der Waals surface area contributed by atoms with Crippen LogP contribution in [0.3, 0.4) is 0 Å². The number of anilines is 1. The molecule has 1 aliphatic heterocycles. The van der Waals surface area contributed by atoms with Gasteiger partial charge in [0.05, 0.1) is 50.0 Å². The van der Waals surface area contributed by atoms with Crippen LogP contribution in [0.25, 0.3) is 0 Å². The molecule has 0 spiro atoms. The maximum Gasteiger partial charge on any atom is 0.421 e. The molecule has 270 valence electrons. The zero-order valence-corrected chi connectivity index (χ0v) is 26.3. The van der Waals surface area contributed by atoms with Gasteiger partial charge in [0.2, 0.25) is 0 Å².